The van der Waals surface area contributed by atoms with E-state index in [0.717, 1.165) is 42.2 Å². The first-order chi connectivity index (χ1) is 17.8. The number of nitrogens with zero attached hydrogens (tertiary/aromatic N) is 3. The van der Waals surface area contributed by atoms with Gasteiger partial charge >= 0.3 is 12.1 Å². The van der Waals surface area contributed by atoms with Crippen LogP contribution in [0.4, 0.5) is 18.9 Å². The highest BCUT2D eigenvalue weighted by atomic mass is 19.4. The van der Waals surface area contributed by atoms with Crippen molar-refractivity contribution in [2.75, 3.05) is 37.6 Å². The standard InChI is InChI=1S/C26H24F3N5O3/c27-26(28,29)25(36)37-34-22-8-10-32-24(35)21(22)16-23(34)18-7-9-31-19(15-18)4-1-17-2-5-20(6-3-17)33-13-11-30-12-14-33/h1-7,9,15-16,30H,8,10-14H2,(H,32,35). The van der Waals surface area contributed by atoms with Gasteiger partial charge in [0.2, 0.25) is 0 Å². The van der Waals surface area contributed by atoms with Crippen molar-refractivity contribution in [1.29, 1.82) is 0 Å². The molecule has 192 valence electrons. The van der Waals surface area contributed by atoms with Gasteiger partial charge in [0.25, 0.3) is 5.91 Å². The maximum Gasteiger partial charge on any atom is 0.493 e. The molecule has 1 fully saturated rings. The number of carbonyl (C=O) groups excluding carboxylic acids is 2. The molecule has 0 unspecified atom stereocenters. The number of nitrogens with one attached hydrogen (secondary N) is 2. The lowest BCUT2D eigenvalue weighted by atomic mass is 10.1. The van der Waals surface area contributed by atoms with Gasteiger partial charge in [0, 0.05) is 56.6 Å². The first kappa shape index (κ1) is 24.6. The number of piperazine rings is 1. The Morgan fingerprint density at radius 1 is 1.03 bits per heavy atom. The lowest BCUT2D eigenvalue weighted by Crippen LogP contribution is -2.43. The van der Waals surface area contributed by atoms with Crippen LogP contribution in [0.5, 0.6) is 0 Å². The van der Waals surface area contributed by atoms with E-state index in [1.807, 2.05) is 18.2 Å². The Morgan fingerprint density at radius 3 is 2.51 bits per heavy atom. The first-order valence-electron chi connectivity index (χ1n) is 11.8. The summed E-state index contributed by atoms with van der Waals surface area (Å²) in [4.78, 5) is 35.3. The van der Waals surface area contributed by atoms with Gasteiger partial charge in [-0.3, -0.25) is 9.78 Å². The molecule has 2 N–H and O–H groups in total. The van der Waals surface area contributed by atoms with Crippen LogP contribution in [-0.4, -0.2) is 60.5 Å². The topological polar surface area (TPSA) is 88.5 Å². The van der Waals surface area contributed by atoms with Crippen LogP contribution in [0, 0.1) is 0 Å². The first-order valence-corrected chi connectivity index (χ1v) is 11.8. The quantitative estimate of drug-likeness (QED) is 0.548. The molecule has 5 rings (SSSR count). The summed E-state index contributed by atoms with van der Waals surface area (Å²) in [7, 11) is 0. The molecule has 2 aromatic heterocycles. The van der Waals surface area contributed by atoms with Gasteiger partial charge in [-0.25, -0.2) is 4.79 Å². The van der Waals surface area contributed by atoms with Crippen molar-refractivity contribution in [3.05, 3.63) is 71.2 Å². The van der Waals surface area contributed by atoms with Crippen LogP contribution in [0.2, 0.25) is 0 Å². The Balaban J connectivity index is 1.41. The van der Waals surface area contributed by atoms with Gasteiger partial charge in [-0.05, 0) is 42.0 Å². The molecule has 0 radical (unpaired) electrons. The van der Waals surface area contributed by atoms with Crippen LogP contribution in [0.1, 0.15) is 27.3 Å². The largest absolute Gasteiger partial charge is 0.493 e. The van der Waals surface area contributed by atoms with Crippen LogP contribution in [-0.2, 0) is 11.2 Å². The molecule has 1 aromatic carbocycles. The smallest absolute Gasteiger partial charge is 0.369 e. The molecule has 37 heavy (non-hydrogen) atoms. The maximum atomic E-state index is 12.9. The van der Waals surface area contributed by atoms with Gasteiger partial charge in [0.15, 0.2) is 0 Å². The van der Waals surface area contributed by atoms with Crippen LogP contribution in [0.15, 0.2) is 48.7 Å². The molecule has 4 heterocycles. The van der Waals surface area contributed by atoms with Gasteiger partial charge in [-0.2, -0.15) is 17.9 Å². The van der Waals surface area contributed by atoms with Gasteiger partial charge in [-0.15, -0.1) is 0 Å². The number of hydrogen-bond donors (Lipinski definition) is 2. The average Bonchev–Trinajstić information content (AvgIpc) is 3.27. The van der Waals surface area contributed by atoms with E-state index < -0.39 is 18.1 Å². The van der Waals surface area contributed by atoms with E-state index in [-0.39, 0.29) is 29.9 Å². The molecule has 0 bridgehead atoms. The van der Waals surface area contributed by atoms with E-state index in [4.69, 9.17) is 4.84 Å². The number of amides is 1. The molecule has 8 nitrogen and oxygen atoms in total. The van der Waals surface area contributed by atoms with Crippen molar-refractivity contribution in [2.45, 2.75) is 12.6 Å². The summed E-state index contributed by atoms with van der Waals surface area (Å²) >= 11 is 0. The Hall–Kier alpha value is -4.12. The number of fused-ring (bicyclic) bond motifs is 1. The van der Waals surface area contributed by atoms with Gasteiger partial charge in [-0.1, -0.05) is 18.2 Å². The van der Waals surface area contributed by atoms with Gasteiger partial charge in [0.05, 0.1) is 22.6 Å². The SMILES string of the molecule is O=C1NCCc2c1cc(-c1ccnc(C=Cc3ccc(N4CCNCC4)cc3)c1)n2OC(=O)C(F)(F)F. The number of pyridine rings is 1. The molecule has 1 saturated heterocycles. The molecular formula is C26H24F3N5O3. The monoisotopic (exact) mass is 511 g/mol. The minimum Gasteiger partial charge on any atom is -0.369 e. The third kappa shape index (κ3) is 5.36. The Morgan fingerprint density at radius 2 is 1.78 bits per heavy atom. The molecule has 0 saturated carbocycles. The summed E-state index contributed by atoms with van der Waals surface area (Å²) in [6, 6.07) is 12.8. The second-order valence-corrected chi connectivity index (χ2v) is 8.70. The van der Waals surface area contributed by atoms with Crippen molar-refractivity contribution in [3.63, 3.8) is 0 Å². The maximum absolute atomic E-state index is 12.9. The summed E-state index contributed by atoms with van der Waals surface area (Å²) in [6.07, 6.45) is 0.205. The number of benzene rings is 1. The lowest BCUT2D eigenvalue weighted by molar-refractivity contribution is -0.199. The molecule has 1 amide bonds. The van der Waals surface area contributed by atoms with Crippen molar-refractivity contribution in [1.82, 2.24) is 20.3 Å². The number of carbonyl (C=O) groups is 2. The molecule has 0 aliphatic carbocycles. The fraction of sp³-hybridized carbons (Fsp3) is 0.269. The number of rotatable bonds is 5. The van der Waals surface area contributed by atoms with Crippen LogP contribution in [0.3, 0.4) is 0 Å². The van der Waals surface area contributed by atoms with Gasteiger partial charge in [0.1, 0.15) is 0 Å². The van der Waals surface area contributed by atoms with Gasteiger partial charge < -0.3 is 20.4 Å². The van der Waals surface area contributed by atoms with Crippen molar-refractivity contribution < 1.29 is 27.6 Å². The highest BCUT2D eigenvalue weighted by Crippen LogP contribution is 2.29. The minimum atomic E-state index is -5.18. The van der Waals surface area contributed by atoms with E-state index >= 15 is 0 Å². The lowest BCUT2D eigenvalue weighted by Gasteiger charge is -2.29. The summed E-state index contributed by atoms with van der Waals surface area (Å²) < 4.78 is 39.7. The summed E-state index contributed by atoms with van der Waals surface area (Å²) in [5.41, 5.74) is 3.62. The zero-order chi connectivity index (χ0) is 26.0. The van der Waals surface area contributed by atoms with E-state index in [0.29, 0.717) is 11.3 Å². The average molecular weight is 512 g/mol. The molecule has 11 heteroatoms. The second kappa shape index (κ2) is 10.1. The summed E-state index contributed by atoms with van der Waals surface area (Å²) in [6.45, 7) is 4.04. The number of aromatic nitrogens is 2. The zero-order valence-corrected chi connectivity index (χ0v) is 19.7. The highest BCUT2D eigenvalue weighted by Gasteiger charge is 2.43. The molecule has 3 aromatic rings. The molecule has 2 aliphatic rings. The predicted molar refractivity (Wildman–Crippen MR) is 132 cm³/mol. The minimum absolute atomic E-state index is 0.150. The summed E-state index contributed by atoms with van der Waals surface area (Å²) in [5.74, 6) is -2.81. The highest BCUT2D eigenvalue weighted by molar-refractivity contribution is 5.98. The Labute approximate surface area is 210 Å². The Bertz CT molecular complexity index is 1340. The number of hydrogen-bond acceptors (Lipinski definition) is 6. The molecule has 0 spiro atoms. The van der Waals surface area contributed by atoms with Crippen molar-refractivity contribution in [3.8, 4) is 11.3 Å². The fourth-order valence-electron chi connectivity index (χ4n) is 4.40. The van der Waals surface area contributed by atoms with E-state index in [2.05, 4.69) is 32.7 Å². The van der Waals surface area contributed by atoms with E-state index in [1.165, 1.54) is 12.3 Å². The normalized spacial score (nSPS) is 16.0. The van der Waals surface area contributed by atoms with E-state index in [1.54, 1.807) is 18.2 Å². The number of halogens is 3. The third-order valence-electron chi connectivity index (χ3n) is 6.25. The molecule has 0 atom stereocenters. The number of alkyl halides is 3. The van der Waals surface area contributed by atoms with Crippen LogP contribution in [0.25, 0.3) is 23.4 Å². The third-order valence-corrected chi connectivity index (χ3v) is 6.25. The second-order valence-electron chi connectivity index (χ2n) is 8.70. The van der Waals surface area contributed by atoms with Crippen molar-refractivity contribution in [2.24, 2.45) is 0 Å². The zero-order valence-electron chi connectivity index (χ0n) is 19.7. The summed E-state index contributed by atoms with van der Waals surface area (Å²) in [5, 5.41) is 5.97. The Kier molecular flexibility index (Phi) is 6.70. The van der Waals surface area contributed by atoms with Crippen LogP contribution >= 0.6 is 0 Å². The molecule has 2 aliphatic heterocycles. The molecular weight excluding hydrogens is 487 g/mol. The predicted octanol–water partition coefficient (Wildman–Crippen LogP) is 2.93. The van der Waals surface area contributed by atoms with E-state index in [9.17, 15) is 22.8 Å². The fourth-order valence-corrected chi connectivity index (χ4v) is 4.40. The van der Waals surface area contributed by atoms with Crippen molar-refractivity contribution >= 4 is 29.7 Å². The van der Waals surface area contributed by atoms with Crippen LogP contribution < -0.4 is 20.4 Å². The number of anilines is 1.